The van der Waals surface area contributed by atoms with E-state index in [1.54, 1.807) is 18.2 Å². The van der Waals surface area contributed by atoms with E-state index in [1.807, 2.05) is 0 Å². The topological polar surface area (TPSA) is 168 Å². The number of hydrogen-bond donors (Lipinski definition) is 3. The third-order valence-corrected chi connectivity index (χ3v) is 8.15. The molecule has 1 unspecified atom stereocenters. The van der Waals surface area contributed by atoms with Crippen molar-refractivity contribution in [2.24, 2.45) is 0 Å². The Morgan fingerprint density at radius 2 is 1.94 bits per heavy atom. The summed E-state index contributed by atoms with van der Waals surface area (Å²) in [4.78, 5) is 47.5. The lowest BCUT2D eigenvalue weighted by Gasteiger charge is -2.37. The van der Waals surface area contributed by atoms with Gasteiger partial charge >= 0.3 is 24.8 Å². The summed E-state index contributed by atoms with van der Waals surface area (Å²) in [5, 5.41) is 16.1. The lowest BCUT2D eigenvalue weighted by Crippen LogP contribution is -2.42. The van der Waals surface area contributed by atoms with Gasteiger partial charge in [-0.2, -0.15) is 14.0 Å². The SMILES string of the molecule is COC(=O)Nc1ccc2c(c1)N[C@@H](C(=O)OC)CCCC[C@H](N1CCC(c3cc(Cl)ccc3OC(F)F)OC1=O)c1nc-2c(C#N)[nH]1. The summed E-state index contributed by atoms with van der Waals surface area (Å²) in [5.41, 5.74) is 1.77. The van der Waals surface area contributed by atoms with Gasteiger partial charge in [-0.1, -0.05) is 24.4 Å². The van der Waals surface area contributed by atoms with Crippen molar-refractivity contribution in [3.63, 3.8) is 0 Å². The zero-order chi connectivity index (χ0) is 33.7. The second kappa shape index (κ2) is 14.5. The number of fused-ring (bicyclic) bond motifs is 4. The predicted molar refractivity (Wildman–Crippen MR) is 164 cm³/mol. The van der Waals surface area contributed by atoms with Gasteiger partial charge < -0.3 is 29.2 Å². The number of aromatic nitrogens is 2. The number of imidazole rings is 1. The van der Waals surface area contributed by atoms with Gasteiger partial charge in [-0.15, -0.1) is 0 Å². The highest BCUT2D eigenvalue weighted by Crippen LogP contribution is 2.40. The van der Waals surface area contributed by atoms with Gasteiger partial charge in [0.05, 0.1) is 20.3 Å². The number of hydrogen-bond acceptors (Lipinski definition) is 10. The number of aromatic amines is 1. The number of ether oxygens (including phenoxy) is 4. The minimum atomic E-state index is -3.08. The lowest BCUT2D eigenvalue weighted by molar-refractivity contribution is -0.141. The average molecular weight is 673 g/mol. The summed E-state index contributed by atoms with van der Waals surface area (Å²) in [6.45, 7) is -2.92. The van der Waals surface area contributed by atoms with Crippen LogP contribution in [0.15, 0.2) is 36.4 Å². The molecule has 3 atom stereocenters. The number of nitrogens with zero attached hydrogens (tertiary/aromatic N) is 3. The van der Waals surface area contributed by atoms with Gasteiger partial charge in [0.2, 0.25) is 0 Å². The van der Waals surface area contributed by atoms with Crippen LogP contribution in [0.4, 0.5) is 29.7 Å². The van der Waals surface area contributed by atoms with Crippen molar-refractivity contribution in [2.45, 2.75) is 56.9 Å². The zero-order valence-electron chi connectivity index (χ0n) is 25.3. The second-order valence-electron chi connectivity index (χ2n) is 10.8. The predicted octanol–water partition coefficient (Wildman–Crippen LogP) is 6.53. The first-order chi connectivity index (χ1) is 22.6. The van der Waals surface area contributed by atoms with Gasteiger partial charge in [-0.25, -0.2) is 19.4 Å². The summed E-state index contributed by atoms with van der Waals surface area (Å²) < 4.78 is 46.3. The minimum Gasteiger partial charge on any atom is -0.467 e. The molecule has 2 bridgehead atoms. The van der Waals surface area contributed by atoms with Crippen LogP contribution in [-0.2, 0) is 19.0 Å². The number of nitriles is 1. The number of nitrogens with one attached hydrogen (secondary N) is 3. The van der Waals surface area contributed by atoms with E-state index in [2.05, 4.69) is 26.4 Å². The maximum atomic E-state index is 13.5. The number of benzene rings is 2. The van der Waals surface area contributed by atoms with Crippen molar-refractivity contribution in [1.29, 1.82) is 5.26 Å². The molecule has 3 aromatic rings. The van der Waals surface area contributed by atoms with E-state index in [9.17, 15) is 28.4 Å². The summed E-state index contributed by atoms with van der Waals surface area (Å²) in [5.74, 6) is -0.321. The number of cyclic esters (lactones) is 1. The fourth-order valence-corrected chi connectivity index (χ4v) is 5.90. The molecule has 0 aliphatic carbocycles. The van der Waals surface area contributed by atoms with Crippen molar-refractivity contribution in [1.82, 2.24) is 14.9 Å². The summed E-state index contributed by atoms with van der Waals surface area (Å²) in [6, 6.07) is 9.62. The Kier molecular flexibility index (Phi) is 10.3. The van der Waals surface area contributed by atoms with Crippen molar-refractivity contribution < 1.29 is 42.1 Å². The van der Waals surface area contributed by atoms with Gasteiger partial charge in [0.1, 0.15) is 41.2 Å². The van der Waals surface area contributed by atoms with Gasteiger partial charge in [0.25, 0.3) is 0 Å². The maximum Gasteiger partial charge on any atom is 0.411 e. The maximum absolute atomic E-state index is 13.5. The summed E-state index contributed by atoms with van der Waals surface area (Å²) >= 11 is 6.12. The molecule has 2 amide bonds. The number of amides is 2. The number of halogens is 3. The number of esters is 1. The Morgan fingerprint density at radius 3 is 2.64 bits per heavy atom. The van der Waals surface area contributed by atoms with Crippen LogP contribution in [0, 0.1) is 11.3 Å². The van der Waals surface area contributed by atoms with Crippen LogP contribution in [0.2, 0.25) is 5.02 Å². The van der Waals surface area contributed by atoms with E-state index in [1.165, 1.54) is 37.3 Å². The van der Waals surface area contributed by atoms with Gasteiger partial charge in [-0.3, -0.25) is 10.2 Å². The van der Waals surface area contributed by atoms with E-state index >= 15 is 0 Å². The molecule has 248 valence electrons. The molecule has 1 saturated heterocycles. The molecule has 0 spiro atoms. The number of carbonyl (C=O) groups excluding carboxylic acids is 3. The first kappa shape index (κ1) is 33.3. The first-order valence-electron chi connectivity index (χ1n) is 14.7. The Balaban J connectivity index is 1.50. The highest BCUT2D eigenvalue weighted by atomic mass is 35.5. The number of rotatable bonds is 6. The number of carbonyl (C=O) groups is 3. The second-order valence-corrected chi connectivity index (χ2v) is 11.2. The zero-order valence-corrected chi connectivity index (χ0v) is 26.1. The van der Waals surface area contributed by atoms with Crippen LogP contribution < -0.4 is 15.4 Å². The molecule has 3 heterocycles. The third kappa shape index (κ3) is 7.49. The number of methoxy groups -OCH3 is 2. The molecule has 2 aliphatic heterocycles. The molecule has 5 rings (SSSR count). The van der Waals surface area contributed by atoms with Crippen molar-refractivity contribution in [3.05, 3.63) is 58.5 Å². The van der Waals surface area contributed by atoms with Gasteiger partial charge in [-0.05, 0) is 49.2 Å². The molecule has 16 heteroatoms. The quantitative estimate of drug-likeness (QED) is 0.193. The van der Waals surface area contributed by atoms with E-state index in [4.69, 9.17) is 30.8 Å². The van der Waals surface area contributed by atoms with Crippen LogP contribution in [0.1, 0.15) is 61.3 Å². The molecule has 47 heavy (non-hydrogen) atoms. The molecular weight excluding hydrogens is 642 g/mol. The molecule has 0 saturated carbocycles. The van der Waals surface area contributed by atoms with Crippen LogP contribution in [0.25, 0.3) is 11.3 Å². The van der Waals surface area contributed by atoms with Crippen LogP contribution in [0.3, 0.4) is 0 Å². The summed E-state index contributed by atoms with van der Waals surface area (Å²) in [6.07, 6.45) is -0.232. The standard InChI is InChI=1S/C31H31ClF2N6O7/c1-44-28(41)20-5-3-4-6-23(40-12-11-25(47-31(40)43)19-13-16(32)7-10-24(19)46-29(33)34)27-38-22(15-35)26(39-27)18-9-8-17(14-21(18)37-20)36-30(42)45-2/h7-10,13-14,20,23,25,29,37H,3-6,11-12H2,1-2H3,(H,36,42)(H,38,39)/t20-,23+,25?/m1/s1. The molecule has 2 aromatic carbocycles. The fraction of sp³-hybridized carbons (Fsp3) is 0.387. The highest BCUT2D eigenvalue weighted by molar-refractivity contribution is 6.30. The van der Waals surface area contributed by atoms with Crippen LogP contribution in [-0.4, -0.2) is 66.4 Å². The van der Waals surface area contributed by atoms with E-state index in [0.717, 1.165) is 0 Å². The van der Waals surface area contributed by atoms with Gasteiger partial charge in [0.15, 0.2) is 0 Å². The number of H-pyrrole nitrogens is 1. The Hall–Kier alpha value is -5.10. The molecule has 1 fully saturated rings. The molecule has 2 aliphatic rings. The third-order valence-electron chi connectivity index (χ3n) is 7.91. The largest absolute Gasteiger partial charge is 0.467 e. The lowest BCUT2D eigenvalue weighted by atomic mass is 10.00. The normalized spacial score (nSPS) is 19.6. The van der Waals surface area contributed by atoms with Crippen LogP contribution in [0.5, 0.6) is 5.75 Å². The van der Waals surface area contributed by atoms with Crippen molar-refractivity contribution in [2.75, 3.05) is 31.4 Å². The van der Waals surface area contributed by atoms with E-state index in [-0.39, 0.29) is 40.7 Å². The Labute approximate surface area is 273 Å². The Morgan fingerprint density at radius 1 is 1.15 bits per heavy atom. The molecule has 0 radical (unpaired) electrons. The van der Waals surface area contributed by atoms with Crippen molar-refractivity contribution in [3.8, 4) is 23.1 Å². The van der Waals surface area contributed by atoms with Crippen molar-refractivity contribution >= 4 is 41.1 Å². The monoisotopic (exact) mass is 672 g/mol. The first-order valence-corrected chi connectivity index (χ1v) is 15.0. The Bertz CT molecular complexity index is 1700. The average Bonchev–Trinajstić information content (AvgIpc) is 3.48. The molecule has 3 N–H and O–H groups in total. The molecule has 13 nitrogen and oxygen atoms in total. The minimum absolute atomic E-state index is 0.103. The van der Waals surface area contributed by atoms with E-state index in [0.29, 0.717) is 48.4 Å². The summed E-state index contributed by atoms with van der Waals surface area (Å²) in [7, 11) is 2.51. The number of anilines is 2. The van der Waals surface area contributed by atoms with Gasteiger partial charge in [0, 0.05) is 40.5 Å². The highest BCUT2D eigenvalue weighted by Gasteiger charge is 2.37. The van der Waals surface area contributed by atoms with Crippen LogP contribution >= 0.6 is 11.6 Å². The number of alkyl halides is 2. The molecular formula is C31H31ClF2N6O7. The smallest absolute Gasteiger partial charge is 0.411 e. The molecule has 1 aromatic heterocycles. The van der Waals surface area contributed by atoms with E-state index < -0.39 is 43.0 Å². The fourth-order valence-electron chi connectivity index (χ4n) is 5.72.